The Morgan fingerprint density at radius 1 is 1.41 bits per heavy atom. The fourth-order valence-electron chi connectivity index (χ4n) is 2.21. The Morgan fingerprint density at radius 3 is 2.71 bits per heavy atom. The van der Waals surface area contributed by atoms with Crippen molar-refractivity contribution in [1.29, 1.82) is 0 Å². The predicted molar refractivity (Wildman–Crippen MR) is 70.2 cm³/mol. The molecule has 17 heavy (non-hydrogen) atoms. The lowest BCUT2D eigenvalue weighted by Gasteiger charge is -2.22. The van der Waals surface area contributed by atoms with Gasteiger partial charge in [0.2, 0.25) is 5.91 Å². The van der Waals surface area contributed by atoms with Gasteiger partial charge >= 0.3 is 0 Å². The van der Waals surface area contributed by atoms with E-state index in [1.54, 1.807) is 12.1 Å². The highest BCUT2D eigenvalue weighted by atomic mass is 35.5. The normalized spacial score (nSPS) is 18.1. The number of halogens is 1. The van der Waals surface area contributed by atoms with E-state index in [0.717, 1.165) is 36.9 Å². The van der Waals surface area contributed by atoms with Crippen molar-refractivity contribution in [3.05, 3.63) is 28.8 Å². The molecule has 1 fully saturated rings. The van der Waals surface area contributed by atoms with Crippen molar-refractivity contribution in [1.82, 2.24) is 0 Å². The summed E-state index contributed by atoms with van der Waals surface area (Å²) in [6, 6.07) is 5.45. The van der Waals surface area contributed by atoms with Gasteiger partial charge in [-0.05, 0) is 37.5 Å². The smallest absolute Gasteiger partial charge is 0.244 e. The summed E-state index contributed by atoms with van der Waals surface area (Å²) in [6.07, 6.45) is 3.58. The number of benzene rings is 1. The molecule has 0 aromatic heterocycles. The SMILES string of the molecule is Cc1ccc(Cl)cc1NC(=O)C1(N)CCCC1. The van der Waals surface area contributed by atoms with Crippen molar-refractivity contribution in [2.75, 3.05) is 5.32 Å². The zero-order chi connectivity index (χ0) is 12.5. The lowest BCUT2D eigenvalue weighted by Crippen LogP contribution is -2.48. The summed E-state index contributed by atoms with van der Waals surface area (Å²) in [5, 5.41) is 3.50. The monoisotopic (exact) mass is 252 g/mol. The van der Waals surface area contributed by atoms with E-state index in [2.05, 4.69) is 5.32 Å². The number of hydrogen-bond acceptors (Lipinski definition) is 2. The third-order valence-electron chi connectivity index (χ3n) is 3.40. The van der Waals surface area contributed by atoms with E-state index < -0.39 is 5.54 Å². The number of amides is 1. The van der Waals surface area contributed by atoms with Gasteiger partial charge in [-0.1, -0.05) is 30.5 Å². The molecule has 0 saturated heterocycles. The quantitative estimate of drug-likeness (QED) is 0.850. The maximum Gasteiger partial charge on any atom is 0.244 e. The van der Waals surface area contributed by atoms with Gasteiger partial charge in [0.25, 0.3) is 0 Å². The van der Waals surface area contributed by atoms with Gasteiger partial charge in [-0.2, -0.15) is 0 Å². The first kappa shape index (κ1) is 12.4. The number of carbonyl (C=O) groups is 1. The molecule has 2 rings (SSSR count). The Labute approximate surface area is 106 Å². The van der Waals surface area contributed by atoms with Gasteiger partial charge in [-0.3, -0.25) is 4.79 Å². The second-order valence-corrected chi connectivity index (χ2v) is 5.21. The van der Waals surface area contributed by atoms with Crippen LogP contribution in [0.5, 0.6) is 0 Å². The second kappa shape index (κ2) is 4.67. The number of nitrogens with two attached hydrogens (primary N) is 1. The van der Waals surface area contributed by atoms with Crippen LogP contribution >= 0.6 is 11.6 Å². The Hall–Kier alpha value is -1.06. The summed E-state index contributed by atoms with van der Waals surface area (Å²) in [5.74, 6) is -0.0969. The van der Waals surface area contributed by atoms with Crippen molar-refractivity contribution in [3.63, 3.8) is 0 Å². The van der Waals surface area contributed by atoms with E-state index in [4.69, 9.17) is 17.3 Å². The molecule has 1 aromatic rings. The number of hydrogen-bond donors (Lipinski definition) is 2. The summed E-state index contributed by atoms with van der Waals surface area (Å²) in [7, 11) is 0. The van der Waals surface area contributed by atoms with Gasteiger partial charge in [0.05, 0.1) is 5.54 Å². The predicted octanol–water partition coefficient (Wildman–Crippen LogP) is 2.86. The van der Waals surface area contributed by atoms with Crippen molar-refractivity contribution in [2.45, 2.75) is 38.1 Å². The van der Waals surface area contributed by atoms with E-state index in [0.29, 0.717) is 5.02 Å². The largest absolute Gasteiger partial charge is 0.324 e. The molecule has 1 aliphatic carbocycles. The van der Waals surface area contributed by atoms with Crippen LogP contribution in [0.25, 0.3) is 0 Å². The average Bonchev–Trinajstić information content (AvgIpc) is 2.72. The van der Waals surface area contributed by atoms with E-state index in [1.165, 1.54) is 0 Å². The Balaban J connectivity index is 2.15. The van der Waals surface area contributed by atoms with Crippen LogP contribution in [0.1, 0.15) is 31.2 Å². The molecule has 0 radical (unpaired) electrons. The third kappa shape index (κ3) is 2.61. The molecule has 0 unspecified atom stereocenters. The molecular formula is C13H17ClN2O. The lowest BCUT2D eigenvalue weighted by atomic mass is 9.98. The third-order valence-corrected chi connectivity index (χ3v) is 3.63. The molecule has 1 aromatic carbocycles. The first-order valence-electron chi connectivity index (χ1n) is 5.88. The first-order valence-corrected chi connectivity index (χ1v) is 6.25. The number of carbonyl (C=O) groups excluding carboxylic acids is 1. The summed E-state index contributed by atoms with van der Waals surface area (Å²) in [5.41, 5.74) is 7.13. The highest BCUT2D eigenvalue weighted by Gasteiger charge is 2.37. The summed E-state index contributed by atoms with van der Waals surface area (Å²) < 4.78 is 0. The molecule has 1 amide bonds. The molecule has 3 N–H and O–H groups in total. The van der Waals surface area contributed by atoms with Crippen LogP contribution in [0.4, 0.5) is 5.69 Å². The molecule has 1 saturated carbocycles. The van der Waals surface area contributed by atoms with Crippen LogP contribution in [0.15, 0.2) is 18.2 Å². The van der Waals surface area contributed by atoms with Crippen LogP contribution in [-0.2, 0) is 4.79 Å². The maximum absolute atomic E-state index is 12.1. The van der Waals surface area contributed by atoms with Crippen molar-refractivity contribution in [3.8, 4) is 0 Å². The molecular weight excluding hydrogens is 236 g/mol. The van der Waals surface area contributed by atoms with Gasteiger partial charge in [-0.25, -0.2) is 0 Å². The number of aryl methyl sites for hydroxylation is 1. The minimum absolute atomic E-state index is 0.0969. The van der Waals surface area contributed by atoms with Crippen molar-refractivity contribution in [2.24, 2.45) is 5.73 Å². The Bertz CT molecular complexity index is 439. The van der Waals surface area contributed by atoms with Crippen LogP contribution in [0.2, 0.25) is 5.02 Å². The summed E-state index contributed by atoms with van der Waals surface area (Å²) >= 11 is 5.91. The number of anilines is 1. The van der Waals surface area contributed by atoms with E-state index in [-0.39, 0.29) is 5.91 Å². The van der Waals surface area contributed by atoms with Crippen molar-refractivity contribution < 1.29 is 4.79 Å². The zero-order valence-corrected chi connectivity index (χ0v) is 10.7. The van der Waals surface area contributed by atoms with Crippen LogP contribution in [0.3, 0.4) is 0 Å². The van der Waals surface area contributed by atoms with Gasteiger partial charge < -0.3 is 11.1 Å². The number of rotatable bonds is 2. The standard InChI is InChI=1S/C13H17ClN2O/c1-9-4-5-10(14)8-11(9)16-12(17)13(15)6-2-3-7-13/h4-5,8H,2-3,6-7,15H2,1H3,(H,16,17). The van der Waals surface area contributed by atoms with E-state index in [9.17, 15) is 4.79 Å². The van der Waals surface area contributed by atoms with Crippen LogP contribution < -0.4 is 11.1 Å². The molecule has 0 spiro atoms. The molecule has 0 atom stereocenters. The molecule has 1 aliphatic rings. The average molecular weight is 253 g/mol. The molecule has 0 bridgehead atoms. The number of nitrogens with one attached hydrogen (secondary N) is 1. The highest BCUT2D eigenvalue weighted by molar-refractivity contribution is 6.31. The zero-order valence-electron chi connectivity index (χ0n) is 9.92. The molecule has 92 valence electrons. The minimum Gasteiger partial charge on any atom is -0.324 e. The fourth-order valence-corrected chi connectivity index (χ4v) is 2.38. The summed E-state index contributed by atoms with van der Waals surface area (Å²) in [4.78, 5) is 12.1. The van der Waals surface area contributed by atoms with Gasteiger partial charge in [0, 0.05) is 10.7 Å². The topological polar surface area (TPSA) is 55.1 Å². The molecule has 4 heteroatoms. The van der Waals surface area contributed by atoms with E-state index in [1.807, 2.05) is 13.0 Å². The van der Waals surface area contributed by atoms with Gasteiger partial charge in [-0.15, -0.1) is 0 Å². The van der Waals surface area contributed by atoms with Gasteiger partial charge in [0.15, 0.2) is 0 Å². The Kier molecular flexibility index (Phi) is 3.40. The minimum atomic E-state index is -0.700. The first-order chi connectivity index (χ1) is 8.01. The maximum atomic E-state index is 12.1. The van der Waals surface area contributed by atoms with Crippen LogP contribution in [0, 0.1) is 6.92 Å². The molecule has 0 heterocycles. The second-order valence-electron chi connectivity index (χ2n) is 4.78. The van der Waals surface area contributed by atoms with Crippen molar-refractivity contribution >= 4 is 23.2 Å². The van der Waals surface area contributed by atoms with Crippen LogP contribution in [-0.4, -0.2) is 11.4 Å². The summed E-state index contributed by atoms with van der Waals surface area (Å²) in [6.45, 7) is 1.93. The molecule has 0 aliphatic heterocycles. The fraction of sp³-hybridized carbons (Fsp3) is 0.462. The van der Waals surface area contributed by atoms with E-state index >= 15 is 0 Å². The van der Waals surface area contributed by atoms with Gasteiger partial charge in [0.1, 0.15) is 0 Å². The lowest BCUT2D eigenvalue weighted by molar-refractivity contribution is -0.121. The molecule has 3 nitrogen and oxygen atoms in total. The highest BCUT2D eigenvalue weighted by Crippen LogP contribution is 2.29. The Morgan fingerprint density at radius 2 is 2.06 bits per heavy atom.